The third kappa shape index (κ3) is 3.57. The molecule has 2 rings (SSSR count). The molecular formula is C10H14IN3O. The monoisotopic (exact) mass is 319 g/mol. The fraction of sp³-hybridized carbons (Fsp3) is 0.600. The molecule has 1 fully saturated rings. The number of hydrogen-bond acceptors (Lipinski definition) is 4. The van der Waals surface area contributed by atoms with Gasteiger partial charge in [0.15, 0.2) is 0 Å². The van der Waals surface area contributed by atoms with Crippen molar-refractivity contribution in [1.29, 1.82) is 0 Å². The van der Waals surface area contributed by atoms with E-state index in [-0.39, 0.29) is 0 Å². The van der Waals surface area contributed by atoms with Crippen LogP contribution in [-0.4, -0.2) is 29.7 Å². The molecule has 1 aliphatic rings. The predicted molar refractivity (Wildman–Crippen MR) is 65.8 cm³/mol. The first kappa shape index (κ1) is 11.1. The Hall–Kier alpha value is -0.430. The Balaban J connectivity index is 1.79. The second-order valence-electron chi connectivity index (χ2n) is 3.69. The molecule has 1 N–H and O–H groups in total. The van der Waals surface area contributed by atoms with E-state index in [0.29, 0.717) is 11.9 Å². The molecule has 1 aromatic rings. The van der Waals surface area contributed by atoms with E-state index in [0.717, 1.165) is 23.3 Å². The summed E-state index contributed by atoms with van der Waals surface area (Å²) < 4.78 is 6.58. The van der Waals surface area contributed by atoms with Gasteiger partial charge < -0.3 is 10.1 Å². The fourth-order valence-corrected chi connectivity index (χ4v) is 1.89. The molecule has 0 bridgehead atoms. The summed E-state index contributed by atoms with van der Waals surface area (Å²) in [4.78, 5) is 8.21. The van der Waals surface area contributed by atoms with Crippen LogP contribution in [0.1, 0.15) is 12.8 Å². The van der Waals surface area contributed by atoms with Gasteiger partial charge in [0.05, 0.1) is 6.61 Å². The van der Waals surface area contributed by atoms with Crippen molar-refractivity contribution in [2.24, 2.45) is 5.92 Å². The van der Waals surface area contributed by atoms with Crippen molar-refractivity contribution in [3.05, 3.63) is 16.0 Å². The topological polar surface area (TPSA) is 47.0 Å². The Bertz CT molecular complexity index is 298. The van der Waals surface area contributed by atoms with E-state index in [4.69, 9.17) is 4.74 Å². The molecular weight excluding hydrogens is 305 g/mol. The number of halogens is 1. The van der Waals surface area contributed by atoms with Gasteiger partial charge in [0.1, 0.15) is 0 Å². The summed E-state index contributed by atoms with van der Waals surface area (Å²) in [6, 6.07) is 0.494. The number of nitrogens with one attached hydrogen (secondary N) is 1. The Morgan fingerprint density at radius 3 is 2.67 bits per heavy atom. The summed E-state index contributed by atoms with van der Waals surface area (Å²) in [6.45, 7) is 2.94. The summed E-state index contributed by atoms with van der Waals surface area (Å²) in [5.41, 5.74) is 0. The Morgan fingerprint density at radius 1 is 1.33 bits per heavy atom. The number of hydrogen-bond donors (Lipinski definition) is 1. The number of piperidine rings is 1. The predicted octanol–water partition coefficient (Wildman–Crippen LogP) is 1.46. The molecule has 0 aromatic carbocycles. The van der Waals surface area contributed by atoms with Crippen LogP contribution in [0.5, 0.6) is 6.01 Å². The van der Waals surface area contributed by atoms with Gasteiger partial charge >= 0.3 is 6.01 Å². The lowest BCUT2D eigenvalue weighted by atomic mass is 9.99. The van der Waals surface area contributed by atoms with Gasteiger partial charge in [-0.3, -0.25) is 0 Å². The van der Waals surface area contributed by atoms with Crippen molar-refractivity contribution < 1.29 is 4.74 Å². The highest BCUT2D eigenvalue weighted by Crippen LogP contribution is 2.13. The molecule has 0 atom stereocenters. The van der Waals surface area contributed by atoms with E-state index < -0.39 is 0 Å². The third-order valence-corrected chi connectivity index (χ3v) is 3.06. The molecule has 0 aliphatic carbocycles. The van der Waals surface area contributed by atoms with Crippen molar-refractivity contribution in [2.75, 3.05) is 19.7 Å². The number of rotatable bonds is 3. The maximum Gasteiger partial charge on any atom is 0.316 e. The highest BCUT2D eigenvalue weighted by Gasteiger charge is 2.13. The first-order chi connectivity index (χ1) is 7.34. The Labute approximate surface area is 103 Å². The van der Waals surface area contributed by atoms with Crippen LogP contribution in [0.4, 0.5) is 0 Å². The lowest BCUT2D eigenvalue weighted by molar-refractivity contribution is 0.202. The zero-order valence-corrected chi connectivity index (χ0v) is 10.6. The molecule has 1 aliphatic heterocycles. The van der Waals surface area contributed by atoms with Gasteiger partial charge in [-0.25, -0.2) is 9.97 Å². The van der Waals surface area contributed by atoms with E-state index in [2.05, 4.69) is 37.9 Å². The molecule has 1 aromatic heterocycles. The standard InChI is InChI=1S/C10H14IN3O/c11-9-5-13-10(14-6-9)15-7-8-1-3-12-4-2-8/h5-6,8,12H,1-4,7H2. The normalized spacial score (nSPS) is 17.7. The van der Waals surface area contributed by atoms with Gasteiger partial charge in [0.25, 0.3) is 0 Å². The van der Waals surface area contributed by atoms with Crippen molar-refractivity contribution in [1.82, 2.24) is 15.3 Å². The van der Waals surface area contributed by atoms with Crippen molar-refractivity contribution in [3.8, 4) is 6.01 Å². The van der Waals surface area contributed by atoms with Crippen LogP contribution in [-0.2, 0) is 0 Å². The van der Waals surface area contributed by atoms with Crippen LogP contribution in [0.15, 0.2) is 12.4 Å². The number of aromatic nitrogens is 2. The maximum atomic E-state index is 5.55. The minimum absolute atomic E-state index is 0.494. The van der Waals surface area contributed by atoms with Crippen LogP contribution in [0.3, 0.4) is 0 Å². The lowest BCUT2D eigenvalue weighted by Gasteiger charge is -2.21. The van der Waals surface area contributed by atoms with Crippen molar-refractivity contribution in [2.45, 2.75) is 12.8 Å². The van der Waals surface area contributed by atoms with Gasteiger partial charge in [0.2, 0.25) is 0 Å². The fourth-order valence-electron chi connectivity index (χ4n) is 1.62. The van der Waals surface area contributed by atoms with E-state index in [1.165, 1.54) is 12.8 Å². The molecule has 0 unspecified atom stereocenters. The molecule has 5 heteroatoms. The highest BCUT2D eigenvalue weighted by atomic mass is 127. The van der Waals surface area contributed by atoms with Crippen LogP contribution in [0.2, 0.25) is 0 Å². The first-order valence-electron chi connectivity index (χ1n) is 5.15. The maximum absolute atomic E-state index is 5.55. The second-order valence-corrected chi connectivity index (χ2v) is 4.93. The van der Waals surface area contributed by atoms with Crippen LogP contribution in [0, 0.1) is 9.49 Å². The quantitative estimate of drug-likeness (QED) is 0.857. The van der Waals surface area contributed by atoms with Gasteiger partial charge in [0, 0.05) is 16.0 Å². The number of ether oxygens (including phenoxy) is 1. The van der Waals surface area contributed by atoms with Crippen molar-refractivity contribution >= 4 is 22.6 Å². The summed E-state index contributed by atoms with van der Waals surface area (Å²) >= 11 is 2.18. The zero-order valence-electron chi connectivity index (χ0n) is 8.45. The molecule has 2 heterocycles. The molecule has 0 radical (unpaired) electrons. The average molecular weight is 319 g/mol. The van der Waals surface area contributed by atoms with Gasteiger partial charge in [-0.1, -0.05) is 0 Å². The Morgan fingerprint density at radius 2 is 2.00 bits per heavy atom. The second kappa shape index (κ2) is 5.60. The van der Waals surface area contributed by atoms with Gasteiger partial charge in [-0.2, -0.15) is 0 Å². The smallest absolute Gasteiger partial charge is 0.316 e. The molecule has 15 heavy (non-hydrogen) atoms. The molecule has 0 saturated carbocycles. The van der Waals surface area contributed by atoms with Crippen molar-refractivity contribution in [3.63, 3.8) is 0 Å². The van der Waals surface area contributed by atoms with E-state index in [9.17, 15) is 0 Å². The Kier molecular flexibility index (Phi) is 4.13. The first-order valence-corrected chi connectivity index (χ1v) is 6.23. The van der Waals surface area contributed by atoms with Gasteiger partial charge in [-0.05, 0) is 54.4 Å². The zero-order chi connectivity index (χ0) is 10.5. The average Bonchev–Trinajstić information content (AvgIpc) is 2.30. The summed E-state index contributed by atoms with van der Waals surface area (Å²) in [5.74, 6) is 0.647. The molecule has 82 valence electrons. The minimum Gasteiger partial charge on any atom is -0.463 e. The number of nitrogens with zero attached hydrogens (tertiary/aromatic N) is 2. The minimum atomic E-state index is 0.494. The summed E-state index contributed by atoms with van der Waals surface area (Å²) in [5, 5.41) is 3.33. The van der Waals surface area contributed by atoms with Crippen LogP contribution >= 0.6 is 22.6 Å². The van der Waals surface area contributed by atoms with Gasteiger partial charge in [-0.15, -0.1) is 0 Å². The van der Waals surface area contributed by atoms with E-state index in [1.54, 1.807) is 12.4 Å². The van der Waals surface area contributed by atoms with Crippen LogP contribution < -0.4 is 10.1 Å². The molecule has 0 spiro atoms. The molecule has 1 saturated heterocycles. The van der Waals surface area contributed by atoms with Crippen LogP contribution in [0.25, 0.3) is 0 Å². The van der Waals surface area contributed by atoms with E-state index >= 15 is 0 Å². The molecule has 0 amide bonds. The summed E-state index contributed by atoms with van der Waals surface area (Å²) in [7, 11) is 0. The largest absolute Gasteiger partial charge is 0.463 e. The SMILES string of the molecule is Ic1cnc(OCC2CCNCC2)nc1. The highest BCUT2D eigenvalue weighted by molar-refractivity contribution is 14.1. The summed E-state index contributed by atoms with van der Waals surface area (Å²) in [6.07, 6.45) is 5.91. The molecule has 4 nitrogen and oxygen atoms in total. The third-order valence-electron chi connectivity index (χ3n) is 2.50. The lowest BCUT2D eigenvalue weighted by Crippen LogP contribution is -2.30. The van der Waals surface area contributed by atoms with E-state index in [1.807, 2.05) is 0 Å².